The summed E-state index contributed by atoms with van der Waals surface area (Å²) in [4.78, 5) is 10.4. The van der Waals surface area contributed by atoms with Gasteiger partial charge in [0, 0.05) is 14.8 Å². The molecule has 0 amide bonds. The lowest BCUT2D eigenvalue weighted by molar-refractivity contribution is -0.255. The van der Waals surface area contributed by atoms with Gasteiger partial charge in [0.25, 0.3) is 0 Å². The maximum Gasteiger partial charge on any atom is 0.0725 e. The largest absolute Gasteiger partial charge is 0.545 e. The number of aromatic carboxylic acids is 1. The molecule has 11 heavy (non-hydrogen) atoms. The number of halogens is 1. The topological polar surface area (TPSA) is 66.2 Å². The summed E-state index contributed by atoms with van der Waals surface area (Å²) in [6, 6.07) is 4.56. The first-order valence-electron chi connectivity index (χ1n) is 2.87. The number of rotatable bonds is 1. The first kappa shape index (κ1) is 8.32. The third-order valence-electron chi connectivity index (χ3n) is 1.21. The van der Waals surface area contributed by atoms with Gasteiger partial charge in [0.05, 0.1) is 5.97 Å². The van der Waals surface area contributed by atoms with E-state index in [2.05, 4.69) is 0 Å². The van der Waals surface area contributed by atoms with Gasteiger partial charge in [-0.25, -0.2) is 0 Å². The van der Waals surface area contributed by atoms with Crippen LogP contribution in [0.15, 0.2) is 18.2 Å². The molecule has 0 unspecified atom stereocenters. The Hall–Kier alpha value is -0.780. The van der Waals surface area contributed by atoms with Crippen molar-refractivity contribution >= 4 is 34.2 Å². The number of carbonyl (C=O) groups is 1. The zero-order chi connectivity index (χ0) is 8.43. The summed E-state index contributed by atoms with van der Waals surface area (Å²) in [5, 5.41) is 10.4. The Morgan fingerprint density at radius 1 is 1.55 bits per heavy atom. The standard InChI is InChI=1S/C7H6INO2/c8-6-3-4(9)1-2-5(6)7(10)11/h1-3H,9H2,(H,10,11)/p-1. The van der Waals surface area contributed by atoms with E-state index in [1.54, 1.807) is 6.07 Å². The minimum absolute atomic E-state index is 0.180. The monoisotopic (exact) mass is 262 g/mol. The molecule has 1 aromatic rings. The molecule has 0 aliphatic rings. The maximum absolute atomic E-state index is 10.4. The molecule has 0 spiro atoms. The zero-order valence-corrected chi connectivity index (χ0v) is 7.66. The van der Waals surface area contributed by atoms with E-state index in [-0.39, 0.29) is 5.56 Å². The van der Waals surface area contributed by atoms with Crippen LogP contribution in [0, 0.1) is 3.57 Å². The van der Waals surface area contributed by atoms with Crippen LogP contribution in [0.2, 0.25) is 0 Å². The molecule has 0 saturated carbocycles. The normalized spacial score (nSPS) is 9.55. The number of anilines is 1. The van der Waals surface area contributed by atoms with Crippen LogP contribution in [0.4, 0.5) is 5.69 Å². The van der Waals surface area contributed by atoms with E-state index < -0.39 is 5.97 Å². The highest BCUT2D eigenvalue weighted by Gasteiger charge is 1.99. The van der Waals surface area contributed by atoms with E-state index in [0.29, 0.717) is 9.26 Å². The van der Waals surface area contributed by atoms with Crippen LogP contribution in [0.1, 0.15) is 10.4 Å². The fourth-order valence-electron chi connectivity index (χ4n) is 0.697. The van der Waals surface area contributed by atoms with Crippen molar-refractivity contribution in [2.75, 3.05) is 5.73 Å². The summed E-state index contributed by atoms with van der Waals surface area (Å²) in [5.74, 6) is -1.17. The Balaban J connectivity index is 3.20. The fraction of sp³-hybridized carbons (Fsp3) is 0. The summed E-state index contributed by atoms with van der Waals surface area (Å²) in [6.07, 6.45) is 0. The average molecular weight is 262 g/mol. The lowest BCUT2D eigenvalue weighted by Crippen LogP contribution is -2.23. The Morgan fingerprint density at radius 3 is 2.64 bits per heavy atom. The molecule has 0 aromatic heterocycles. The molecule has 0 radical (unpaired) electrons. The first-order chi connectivity index (χ1) is 5.11. The number of hydrogen-bond acceptors (Lipinski definition) is 3. The number of nitrogen functional groups attached to an aromatic ring is 1. The molecule has 0 aliphatic heterocycles. The molecule has 3 nitrogen and oxygen atoms in total. The Labute approximate surface area is 77.4 Å². The Bertz CT molecular complexity index is 298. The highest BCUT2D eigenvalue weighted by molar-refractivity contribution is 14.1. The summed E-state index contributed by atoms with van der Waals surface area (Å²) >= 11 is 1.90. The second kappa shape index (κ2) is 3.08. The molecule has 0 atom stereocenters. The van der Waals surface area contributed by atoms with Crippen LogP contribution in [-0.4, -0.2) is 5.97 Å². The van der Waals surface area contributed by atoms with Crippen molar-refractivity contribution in [2.24, 2.45) is 0 Å². The smallest absolute Gasteiger partial charge is 0.0725 e. The molecule has 0 bridgehead atoms. The fourth-order valence-corrected chi connectivity index (χ4v) is 1.46. The number of carboxylic acid groups (broad SMARTS) is 1. The second-order valence-electron chi connectivity index (χ2n) is 2.03. The van der Waals surface area contributed by atoms with Gasteiger partial charge >= 0.3 is 0 Å². The van der Waals surface area contributed by atoms with E-state index in [9.17, 15) is 9.90 Å². The van der Waals surface area contributed by atoms with Gasteiger partial charge < -0.3 is 15.6 Å². The molecule has 0 heterocycles. The van der Waals surface area contributed by atoms with Crippen molar-refractivity contribution in [3.05, 3.63) is 27.3 Å². The van der Waals surface area contributed by atoms with Gasteiger partial charge in [0.15, 0.2) is 0 Å². The van der Waals surface area contributed by atoms with Gasteiger partial charge in [-0.05, 0) is 34.7 Å². The lowest BCUT2D eigenvalue weighted by Gasteiger charge is -2.04. The van der Waals surface area contributed by atoms with Crippen LogP contribution in [0.25, 0.3) is 0 Å². The SMILES string of the molecule is Nc1ccc(C(=O)[O-])c(I)c1. The maximum atomic E-state index is 10.4. The van der Waals surface area contributed by atoms with Crippen LogP contribution in [0.5, 0.6) is 0 Å². The van der Waals surface area contributed by atoms with E-state index >= 15 is 0 Å². The van der Waals surface area contributed by atoms with Crippen LogP contribution < -0.4 is 10.8 Å². The molecule has 0 fully saturated rings. The summed E-state index contributed by atoms with van der Waals surface area (Å²) in [6.45, 7) is 0. The molecule has 2 N–H and O–H groups in total. The van der Waals surface area contributed by atoms with Crippen molar-refractivity contribution in [1.29, 1.82) is 0 Å². The minimum Gasteiger partial charge on any atom is -0.545 e. The van der Waals surface area contributed by atoms with Gasteiger partial charge in [-0.15, -0.1) is 0 Å². The molecular formula is C7H5INO2-. The molecule has 1 rings (SSSR count). The van der Waals surface area contributed by atoms with E-state index in [0.717, 1.165) is 0 Å². The van der Waals surface area contributed by atoms with Crippen molar-refractivity contribution in [1.82, 2.24) is 0 Å². The average Bonchev–Trinajstić information content (AvgIpc) is 1.85. The highest BCUT2D eigenvalue weighted by atomic mass is 127. The van der Waals surface area contributed by atoms with Crippen LogP contribution in [0.3, 0.4) is 0 Å². The molecule has 4 heteroatoms. The van der Waals surface area contributed by atoms with Crippen molar-refractivity contribution < 1.29 is 9.90 Å². The van der Waals surface area contributed by atoms with E-state index in [4.69, 9.17) is 5.73 Å². The highest BCUT2D eigenvalue weighted by Crippen LogP contribution is 2.14. The lowest BCUT2D eigenvalue weighted by atomic mass is 10.2. The molecule has 0 aliphatic carbocycles. The number of carboxylic acids is 1. The number of nitrogens with two attached hydrogens (primary N) is 1. The summed E-state index contributed by atoms with van der Waals surface area (Å²) < 4.78 is 0.600. The van der Waals surface area contributed by atoms with Crippen molar-refractivity contribution in [3.63, 3.8) is 0 Å². The van der Waals surface area contributed by atoms with Gasteiger partial charge in [-0.1, -0.05) is 6.07 Å². The predicted octanol–water partition coefficient (Wildman–Crippen LogP) is 0.237. The molecular weight excluding hydrogens is 257 g/mol. The van der Waals surface area contributed by atoms with Crippen LogP contribution >= 0.6 is 22.6 Å². The van der Waals surface area contributed by atoms with Crippen LogP contribution in [-0.2, 0) is 0 Å². The van der Waals surface area contributed by atoms with Crippen molar-refractivity contribution in [2.45, 2.75) is 0 Å². The summed E-state index contributed by atoms with van der Waals surface area (Å²) in [5.41, 5.74) is 6.14. The van der Waals surface area contributed by atoms with Gasteiger partial charge in [0.2, 0.25) is 0 Å². The van der Waals surface area contributed by atoms with Gasteiger partial charge in [0.1, 0.15) is 0 Å². The predicted molar refractivity (Wildman–Crippen MR) is 47.9 cm³/mol. The number of benzene rings is 1. The third kappa shape index (κ3) is 1.83. The zero-order valence-electron chi connectivity index (χ0n) is 5.50. The minimum atomic E-state index is -1.17. The number of hydrogen-bond donors (Lipinski definition) is 1. The number of carbonyl (C=O) groups excluding carboxylic acids is 1. The third-order valence-corrected chi connectivity index (χ3v) is 2.11. The Kier molecular flexibility index (Phi) is 2.33. The molecule has 0 saturated heterocycles. The second-order valence-corrected chi connectivity index (χ2v) is 3.19. The molecule has 58 valence electrons. The molecule has 1 aromatic carbocycles. The first-order valence-corrected chi connectivity index (χ1v) is 3.95. The summed E-state index contributed by atoms with van der Waals surface area (Å²) in [7, 11) is 0. The van der Waals surface area contributed by atoms with Crippen molar-refractivity contribution in [3.8, 4) is 0 Å². The van der Waals surface area contributed by atoms with E-state index in [1.807, 2.05) is 22.6 Å². The van der Waals surface area contributed by atoms with E-state index in [1.165, 1.54) is 12.1 Å². The quantitative estimate of drug-likeness (QED) is 0.582. The Morgan fingerprint density at radius 2 is 2.18 bits per heavy atom. The van der Waals surface area contributed by atoms with Gasteiger partial charge in [-0.2, -0.15) is 0 Å². The van der Waals surface area contributed by atoms with Gasteiger partial charge in [-0.3, -0.25) is 0 Å².